The summed E-state index contributed by atoms with van der Waals surface area (Å²) in [6.45, 7) is 12.9. The van der Waals surface area contributed by atoms with Crippen LogP contribution < -0.4 is 0 Å². The molecule has 0 aromatic carbocycles. The van der Waals surface area contributed by atoms with Gasteiger partial charge in [-0.3, -0.25) is 14.4 Å². The maximum absolute atomic E-state index is 12.6. The summed E-state index contributed by atoms with van der Waals surface area (Å²) in [6, 6.07) is 0. The number of carbonyl (C=O) groups is 3. The quantitative estimate of drug-likeness (QED) is 0.0377. The van der Waals surface area contributed by atoms with Gasteiger partial charge in [-0.1, -0.05) is 125 Å². The van der Waals surface area contributed by atoms with Crippen molar-refractivity contribution in [2.75, 3.05) is 27.2 Å². The SMILES string of the molecule is CCCCCC(CCCCC)CCOC(=O)CCCCCCCC(CCCCCCCC(=O)O[C@H]1C[C@H]2CC2(C)C1(C)C)OC(=O)CCCN(C)C. The van der Waals surface area contributed by atoms with Gasteiger partial charge in [0.1, 0.15) is 12.2 Å². The van der Waals surface area contributed by atoms with E-state index in [4.69, 9.17) is 14.2 Å². The van der Waals surface area contributed by atoms with E-state index in [2.05, 4.69) is 39.5 Å². The number of rotatable bonds is 33. The van der Waals surface area contributed by atoms with Gasteiger partial charge in [-0.25, -0.2) is 0 Å². The Morgan fingerprint density at radius 2 is 1.15 bits per heavy atom. The standard InChI is InChI=1S/C45H83NO6/c1-8-10-18-25-37(26-19-11-9-2)32-34-50-41(47)29-22-16-12-14-20-27-39(51-42(48)31-24-33-46(6)7)28-21-15-13-17-23-30-43(49)52-40-35-38-36-45(38,5)44(40,3)4/h37-40H,8-36H2,1-7H3/t38-,39?,40-,45?/m0/s1. The Balaban J connectivity index is 1.57. The maximum Gasteiger partial charge on any atom is 0.306 e. The number of hydrogen-bond donors (Lipinski definition) is 0. The highest BCUT2D eigenvalue weighted by molar-refractivity contribution is 5.70. The zero-order valence-corrected chi connectivity index (χ0v) is 35.2. The van der Waals surface area contributed by atoms with E-state index in [1.54, 1.807) is 0 Å². The van der Waals surface area contributed by atoms with Crippen molar-refractivity contribution in [2.24, 2.45) is 22.7 Å². The van der Waals surface area contributed by atoms with Crippen molar-refractivity contribution in [3.63, 3.8) is 0 Å². The van der Waals surface area contributed by atoms with Crippen molar-refractivity contribution in [2.45, 2.75) is 220 Å². The van der Waals surface area contributed by atoms with E-state index in [1.165, 1.54) is 57.8 Å². The third-order valence-corrected chi connectivity index (χ3v) is 12.8. The first-order chi connectivity index (χ1) is 24.9. The van der Waals surface area contributed by atoms with Crippen molar-refractivity contribution in [3.8, 4) is 0 Å². The van der Waals surface area contributed by atoms with Crippen LogP contribution in [0.5, 0.6) is 0 Å². The molecule has 2 aliphatic carbocycles. The molecule has 0 saturated heterocycles. The van der Waals surface area contributed by atoms with Gasteiger partial charge in [-0.2, -0.15) is 0 Å². The van der Waals surface area contributed by atoms with Gasteiger partial charge in [0.25, 0.3) is 0 Å². The van der Waals surface area contributed by atoms with Crippen molar-refractivity contribution in [3.05, 3.63) is 0 Å². The molecule has 2 aliphatic rings. The summed E-state index contributed by atoms with van der Waals surface area (Å²) in [5.74, 6) is 1.28. The van der Waals surface area contributed by atoms with E-state index in [0.29, 0.717) is 37.2 Å². The fourth-order valence-corrected chi connectivity index (χ4v) is 8.52. The average molecular weight is 734 g/mol. The highest BCUT2D eigenvalue weighted by Gasteiger charge is 2.68. The van der Waals surface area contributed by atoms with E-state index >= 15 is 0 Å². The molecule has 0 N–H and O–H groups in total. The second-order valence-corrected chi connectivity index (χ2v) is 17.8. The second-order valence-electron chi connectivity index (χ2n) is 17.8. The molecule has 7 heteroatoms. The number of unbranched alkanes of at least 4 members (excludes halogenated alkanes) is 12. The zero-order chi connectivity index (χ0) is 38.2. The molecule has 52 heavy (non-hydrogen) atoms. The molecule has 0 bridgehead atoms. The molecule has 0 spiro atoms. The van der Waals surface area contributed by atoms with Crippen LogP contribution in [-0.2, 0) is 28.6 Å². The predicted molar refractivity (Wildman–Crippen MR) is 214 cm³/mol. The summed E-state index contributed by atoms with van der Waals surface area (Å²) in [7, 11) is 4.05. The van der Waals surface area contributed by atoms with Crippen LogP contribution in [0.3, 0.4) is 0 Å². The van der Waals surface area contributed by atoms with Gasteiger partial charge < -0.3 is 19.1 Å². The molecule has 2 saturated carbocycles. The first-order valence-electron chi connectivity index (χ1n) is 22.1. The lowest BCUT2D eigenvalue weighted by molar-refractivity contribution is -0.156. The molecule has 0 heterocycles. The molecule has 304 valence electrons. The first kappa shape index (κ1) is 46.5. The molecule has 2 fully saturated rings. The summed E-state index contributed by atoms with van der Waals surface area (Å²) in [5, 5.41) is 0. The summed E-state index contributed by atoms with van der Waals surface area (Å²) in [6.07, 6.45) is 28.0. The smallest absolute Gasteiger partial charge is 0.306 e. The summed E-state index contributed by atoms with van der Waals surface area (Å²) in [5.41, 5.74) is 0.442. The molecule has 7 nitrogen and oxygen atoms in total. The number of esters is 3. The van der Waals surface area contributed by atoms with Gasteiger partial charge in [-0.15, -0.1) is 0 Å². The minimum absolute atomic E-state index is 0.0209. The van der Waals surface area contributed by atoms with E-state index < -0.39 is 0 Å². The topological polar surface area (TPSA) is 82.1 Å². The number of hydrogen-bond acceptors (Lipinski definition) is 7. The van der Waals surface area contributed by atoms with E-state index in [9.17, 15) is 14.4 Å². The van der Waals surface area contributed by atoms with E-state index in [1.807, 2.05) is 14.1 Å². The van der Waals surface area contributed by atoms with Crippen LogP contribution in [0.4, 0.5) is 0 Å². The Kier molecular flexibility index (Phi) is 23.5. The fourth-order valence-electron chi connectivity index (χ4n) is 8.52. The van der Waals surface area contributed by atoms with Crippen molar-refractivity contribution < 1.29 is 28.6 Å². The normalized spacial score (nSPS) is 20.9. The minimum Gasteiger partial charge on any atom is -0.466 e. The third-order valence-electron chi connectivity index (χ3n) is 12.8. The zero-order valence-electron chi connectivity index (χ0n) is 35.2. The van der Waals surface area contributed by atoms with Crippen molar-refractivity contribution in [1.29, 1.82) is 0 Å². The predicted octanol–water partition coefficient (Wildman–Crippen LogP) is 11.8. The molecule has 0 aliphatic heterocycles. The van der Waals surface area contributed by atoms with E-state index in [0.717, 1.165) is 109 Å². The summed E-state index contributed by atoms with van der Waals surface area (Å²) in [4.78, 5) is 39.6. The Morgan fingerprint density at radius 3 is 1.69 bits per heavy atom. The van der Waals surface area contributed by atoms with Crippen LogP contribution in [-0.4, -0.2) is 62.3 Å². The Bertz CT molecular complexity index is 971. The Labute approximate surface area is 320 Å². The highest BCUT2D eigenvalue weighted by atomic mass is 16.5. The number of ether oxygens (including phenoxy) is 3. The number of carbonyl (C=O) groups excluding carboxylic acids is 3. The molecule has 0 amide bonds. The number of nitrogens with zero attached hydrogens (tertiary/aromatic N) is 1. The van der Waals surface area contributed by atoms with Gasteiger partial charge in [0.15, 0.2) is 0 Å². The van der Waals surface area contributed by atoms with Crippen LogP contribution in [0.1, 0.15) is 208 Å². The third kappa shape index (κ3) is 18.6. The van der Waals surface area contributed by atoms with E-state index in [-0.39, 0.29) is 35.5 Å². The Morgan fingerprint density at radius 1 is 0.635 bits per heavy atom. The molecular weight excluding hydrogens is 650 g/mol. The Hall–Kier alpha value is -1.63. The van der Waals surface area contributed by atoms with Crippen LogP contribution in [0.2, 0.25) is 0 Å². The minimum atomic E-state index is -0.0751. The van der Waals surface area contributed by atoms with Crippen molar-refractivity contribution >= 4 is 17.9 Å². The summed E-state index contributed by atoms with van der Waals surface area (Å²) >= 11 is 0. The van der Waals surface area contributed by atoms with Crippen LogP contribution >= 0.6 is 0 Å². The van der Waals surface area contributed by atoms with Crippen LogP contribution in [0.25, 0.3) is 0 Å². The number of fused-ring (bicyclic) bond motifs is 1. The molecule has 2 rings (SSSR count). The second kappa shape index (κ2) is 26.2. The van der Waals surface area contributed by atoms with Gasteiger partial charge in [0.05, 0.1) is 6.61 Å². The molecule has 0 aromatic heterocycles. The molecule has 0 aromatic rings. The lowest BCUT2D eigenvalue weighted by Gasteiger charge is -2.34. The first-order valence-corrected chi connectivity index (χ1v) is 22.1. The molecule has 2 unspecified atom stereocenters. The van der Waals surface area contributed by atoms with Crippen molar-refractivity contribution in [1.82, 2.24) is 4.90 Å². The van der Waals surface area contributed by atoms with Crippen LogP contribution in [0.15, 0.2) is 0 Å². The molecular formula is C45H83NO6. The molecule has 0 radical (unpaired) electrons. The monoisotopic (exact) mass is 734 g/mol. The lowest BCUT2D eigenvalue weighted by Crippen LogP contribution is -2.35. The molecule has 4 atom stereocenters. The van der Waals surface area contributed by atoms with Gasteiger partial charge in [0, 0.05) is 24.7 Å². The largest absolute Gasteiger partial charge is 0.466 e. The van der Waals surface area contributed by atoms with Crippen LogP contribution in [0, 0.1) is 22.7 Å². The average Bonchev–Trinajstić information content (AvgIpc) is 3.72. The lowest BCUT2D eigenvalue weighted by atomic mass is 9.76. The van der Waals surface area contributed by atoms with Gasteiger partial charge in [-0.05, 0) is 102 Å². The fraction of sp³-hybridized carbons (Fsp3) is 0.933. The summed E-state index contributed by atoms with van der Waals surface area (Å²) < 4.78 is 17.6. The van der Waals surface area contributed by atoms with Gasteiger partial charge >= 0.3 is 17.9 Å². The maximum atomic E-state index is 12.6. The highest BCUT2D eigenvalue weighted by Crippen LogP contribution is 2.72. The van der Waals surface area contributed by atoms with Gasteiger partial charge in [0.2, 0.25) is 0 Å².